The maximum absolute atomic E-state index is 15.0. The lowest BCUT2D eigenvalue weighted by Gasteiger charge is -2.30. The van der Waals surface area contributed by atoms with E-state index in [0.717, 1.165) is 55.2 Å². The molecule has 0 aliphatic heterocycles. The summed E-state index contributed by atoms with van der Waals surface area (Å²) in [6, 6.07) is 10.8. The number of rotatable bonds is 7. The molecule has 2 fully saturated rings. The second kappa shape index (κ2) is 9.09. The minimum atomic E-state index is -1.06. The minimum Gasteiger partial charge on any atom is -0.490 e. The molecule has 0 heterocycles. The van der Waals surface area contributed by atoms with Crippen molar-refractivity contribution in [1.29, 1.82) is 0 Å². The Morgan fingerprint density at radius 3 is 2.53 bits per heavy atom. The zero-order valence-electron chi connectivity index (χ0n) is 19.1. The molecule has 5 heteroatoms. The van der Waals surface area contributed by atoms with E-state index in [1.807, 2.05) is 24.3 Å². The van der Waals surface area contributed by atoms with E-state index in [4.69, 9.17) is 17.4 Å². The van der Waals surface area contributed by atoms with Gasteiger partial charge in [0.25, 0.3) is 0 Å². The predicted molar refractivity (Wildman–Crippen MR) is 129 cm³/mol. The van der Waals surface area contributed by atoms with Gasteiger partial charge in [-0.25, -0.2) is 4.39 Å². The zero-order valence-corrected chi connectivity index (χ0v) is 20.0. The Morgan fingerprint density at radius 2 is 1.94 bits per heavy atom. The number of halogens is 1. The molecule has 2 saturated carbocycles. The lowest BCUT2D eigenvalue weighted by atomic mass is 9.76. The Morgan fingerprint density at radius 1 is 1.19 bits per heavy atom. The topological polar surface area (TPSA) is 46.5 Å². The van der Waals surface area contributed by atoms with Crippen molar-refractivity contribution in [3.8, 4) is 16.9 Å². The largest absolute Gasteiger partial charge is 0.490 e. The maximum Gasteiger partial charge on any atom is 0.313 e. The summed E-state index contributed by atoms with van der Waals surface area (Å²) in [6.45, 7) is 5.57. The summed E-state index contributed by atoms with van der Waals surface area (Å²) in [4.78, 5) is 11.9. The molecule has 4 rings (SSSR count). The standard InChI is InChI=1S/C27H33FO3S/c1-4-16-13-19(15-24(16)32)31-23-12-11-18(27(2,3)26(29)30)14-21(23)20-9-6-10-22(28)25(20)17-7-5-8-17/h6,9-12,14,16-17,19,24,32H,4-5,7-8,13,15H2,1-3H3,(H,29,30)/t16-,19-,24+/m0/s1. The van der Waals surface area contributed by atoms with Gasteiger partial charge in [0.2, 0.25) is 0 Å². The first kappa shape index (κ1) is 23.2. The van der Waals surface area contributed by atoms with Gasteiger partial charge in [-0.2, -0.15) is 12.6 Å². The second-order valence-corrected chi connectivity index (χ2v) is 10.6. The van der Waals surface area contributed by atoms with Gasteiger partial charge in [-0.15, -0.1) is 0 Å². The van der Waals surface area contributed by atoms with Crippen molar-refractivity contribution in [2.75, 3.05) is 0 Å². The van der Waals surface area contributed by atoms with Crippen LogP contribution in [0.2, 0.25) is 0 Å². The summed E-state index contributed by atoms with van der Waals surface area (Å²) in [5, 5.41) is 10.1. The van der Waals surface area contributed by atoms with Gasteiger partial charge >= 0.3 is 5.97 Å². The van der Waals surface area contributed by atoms with E-state index in [2.05, 4.69) is 6.92 Å². The zero-order chi connectivity index (χ0) is 23.0. The Bertz CT molecular complexity index is 998. The molecule has 1 N–H and O–H groups in total. The van der Waals surface area contributed by atoms with Gasteiger partial charge in [0, 0.05) is 10.8 Å². The number of ether oxygens (including phenoxy) is 1. The van der Waals surface area contributed by atoms with Crippen molar-refractivity contribution in [3.05, 3.63) is 53.3 Å². The van der Waals surface area contributed by atoms with Crippen LogP contribution in [0.15, 0.2) is 36.4 Å². The van der Waals surface area contributed by atoms with Gasteiger partial charge < -0.3 is 9.84 Å². The van der Waals surface area contributed by atoms with E-state index < -0.39 is 11.4 Å². The molecular formula is C27H33FO3S. The highest BCUT2D eigenvalue weighted by molar-refractivity contribution is 7.81. The molecular weight excluding hydrogens is 423 g/mol. The van der Waals surface area contributed by atoms with Gasteiger partial charge in [-0.05, 0) is 86.3 Å². The van der Waals surface area contributed by atoms with Gasteiger partial charge in [0.1, 0.15) is 17.7 Å². The van der Waals surface area contributed by atoms with Crippen molar-refractivity contribution in [3.63, 3.8) is 0 Å². The van der Waals surface area contributed by atoms with Crippen LogP contribution in [-0.2, 0) is 10.2 Å². The fraction of sp³-hybridized carbons (Fsp3) is 0.519. The molecule has 0 saturated heterocycles. The number of carboxylic acids is 1. The molecule has 0 aromatic heterocycles. The number of aliphatic carboxylic acids is 1. The first-order valence-corrected chi connectivity index (χ1v) is 12.3. The summed E-state index contributed by atoms with van der Waals surface area (Å²) < 4.78 is 21.5. The Balaban J connectivity index is 1.80. The predicted octanol–water partition coefficient (Wildman–Crippen LogP) is 6.99. The average molecular weight is 457 g/mol. The van der Waals surface area contributed by atoms with Crippen molar-refractivity contribution in [1.82, 2.24) is 0 Å². The van der Waals surface area contributed by atoms with E-state index in [9.17, 15) is 9.90 Å². The SMILES string of the molecule is CC[C@H]1C[C@H](Oc2ccc(C(C)(C)C(=O)O)cc2-c2cccc(F)c2C2CCC2)C[C@H]1S. The van der Waals surface area contributed by atoms with Crippen LogP contribution >= 0.6 is 12.6 Å². The summed E-state index contributed by atoms with van der Waals surface area (Å²) in [5.74, 6) is 0.339. The number of hydrogen-bond donors (Lipinski definition) is 2. The molecule has 3 nitrogen and oxygen atoms in total. The summed E-state index contributed by atoms with van der Waals surface area (Å²) in [5.41, 5.74) is 1.96. The van der Waals surface area contributed by atoms with Gasteiger partial charge in [-0.1, -0.05) is 38.0 Å². The van der Waals surface area contributed by atoms with Crippen molar-refractivity contribution < 1.29 is 19.0 Å². The van der Waals surface area contributed by atoms with Crippen LogP contribution in [0.3, 0.4) is 0 Å². The van der Waals surface area contributed by atoms with Crippen molar-refractivity contribution in [2.24, 2.45) is 5.92 Å². The smallest absolute Gasteiger partial charge is 0.313 e. The highest BCUT2D eigenvalue weighted by Crippen LogP contribution is 2.46. The Hall–Kier alpha value is -2.01. The van der Waals surface area contributed by atoms with Crippen molar-refractivity contribution in [2.45, 2.75) is 82.0 Å². The van der Waals surface area contributed by atoms with Gasteiger partial charge in [0.15, 0.2) is 0 Å². The second-order valence-electron chi connectivity index (χ2n) is 9.92. The third-order valence-corrected chi connectivity index (χ3v) is 8.16. The summed E-state index contributed by atoms with van der Waals surface area (Å²) in [6.07, 6.45) is 6.02. The van der Waals surface area contributed by atoms with Crippen LogP contribution in [0.1, 0.15) is 76.3 Å². The summed E-state index contributed by atoms with van der Waals surface area (Å²) in [7, 11) is 0. The Kier molecular flexibility index (Phi) is 6.58. The van der Waals surface area contributed by atoms with E-state index >= 15 is 4.39 Å². The fourth-order valence-corrected chi connectivity index (χ4v) is 5.57. The van der Waals surface area contributed by atoms with Gasteiger partial charge in [0.05, 0.1) is 5.41 Å². The molecule has 2 aromatic rings. The van der Waals surface area contributed by atoms with Crippen LogP contribution in [0.5, 0.6) is 5.75 Å². The number of benzene rings is 2. The van der Waals surface area contributed by atoms with Crippen LogP contribution in [0.4, 0.5) is 4.39 Å². The quantitative estimate of drug-likeness (QED) is 0.442. The molecule has 0 radical (unpaired) electrons. The van der Waals surface area contributed by atoms with Crippen LogP contribution in [0.25, 0.3) is 11.1 Å². The lowest BCUT2D eigenvalue weighted by molar-refractivity contribution is -0.142. The third kappa shape index (κ3) is 4.28. The lowest BCUT2D eigenvalue weighted by Crippen LogP contribution is -2.28. The molecule has 0 bridgehead atoms. The molecule has 172 valence electrons. The molecule has 32 heavy (non-hydrogen) atoms. The van der Waals surface area contributed by atoms with Crippen LogP contribution < -0.4 is 4.74 Å². The fourth-order valence-electron chi connectivity index (χ4n) is 5.01. The van der Waals surface area contributed by atoms with Crippen LogP contribution in [0, 0.1) is 11.7 Å². The third-order valence-electron chi connectivity index (χ3n) is 7.52. The molecule has 0 amide bonds. The molecule has 0 spiro atoms. The van der Waals surface area contributed by atoms with E-state index in [1.165, 1.54) is 6.07 Å². The normalized spacial score (nSPS) is 23.7. The minimum absolute atomic E-state index is 0.0558. The van der Waals surface area contributed by atoms with Crippen LogP contribution in [-0.4, -0.2) is 22.4 Å². The number of hydrogen-bond acceptors (Lipinski definition) is 3. The highest BCUT2D eigenvalue weighted by atomic mass is 32.1. The van der Waals surface area contributed by atoms with E-state index in [0.29, 0.717) is 22.5 Å². The summed E-state index contributed by atoms with van der Waals surface area (Å²) >= 11 is 4.75. The maximum atomic E-state index is 15.0. The highest BCUT2D eigenvalue weighted by Gasteiger charge is 2.35. The molecule has 2 aromatic carbocycles. The molecule has 0 unspecified atom stereocenters. The molecule has 3 atom stereocenters. The van der Waals surface area contributed by atoms with E-state index in [-0.39, 0.29) is 17.8 Å². The number of thiol groups is 1. The number of carboxylic acid groups (broad SMARTS) is 1. The molecule has 2 aliphatic rings. The molecule has 2 aliphatic carbocycles. The average Bonchev–Trinajstić information content (AvgIpc) is 3.07. The Labute approximate surface area is 195 Å². The first-order valence-electron chi connectivity index (χ1n) is 11.7. The monoisotopic (exact) mass is 456 g/mol. The first-order chi connectivity index (χ1) is 15.2. The van der Waals surface area contributed by atoms with Crippen molar-refractivity contribution >= 4 is 18.6 Å². The van der Waals surface area contributed by atoms with Gasteiger partial charge in [-0.3, -0.25) is 4.79 Å². The number of carbonyl (C=O) groups is 1. The van der Waals surface area contributed by atoms with E-state index in [1.54, 1.807) is 19.9 Å².